The van der Waals surface area contributed by atoms with Gasteiger partial charge in [0.25, 0.3) is 0 Å². The molecular formula is C14H6BrF3O2S. The summed E-state index contributed by atoms with van der Waals surface area (Å²) in [5.41, 5.74) is -1.46. The zero-order chi connectivity index (χ0) is 15.1. The second-order valence-corrected chi connectivity index (χ2v) is 6.14. The molecule has 0 fully saturated rings. The first-order chi connectivity index (χ1) is 9.95. The fraction of sp³-hybridized carbons (Fsp3) is 0.0714. The first-order valence-electron chi connectivity index (χ1n) is 5.77. The molecule has 2 nitrogen and oxygen atoms in total. The van der Waals surface area contributed by atoms with Gasteiger partial charge in [-0.1, -0.05) is 11.8 Å². The number of Topliss-reactive ketones (excluding diaryl/α,β-unsaturated/α-hetero) is 1. The van der Waals surface area contributed by atoms with Crippen molar-refractivity contribution in [3.8, 4) is 11.5 Å². The van der Waals surface area contributed by atoms with E-state index >= 15 is 0 Å². The Morgan fingerprint density at radius 3 is 2.48 bits per heavy atom. The summed E-state index contributed by atoms with van der Waals surface area (Å²) < 4.78 is 45.3. The molecule has 2 aromatic carbocycles. The Kier molecular flexibility index (Phi) is 3.71. The van der Waals surface area contributed by atoms with Gasteiger partial charge in [-0.25, -0.2) is 13.2 Å². The highest BCUT2D eigenvalue weighted by atomic mass is 79.9. The van der Waals surface area contributed by atoms with Crippen molar-refractivity contribution in [3.63, 3.8) is 0 Å². The molecule has 0 spiro atoms. The quantitative estimate of drug-likeness (QED) is 0.730. The van der Waals surface area contributed by atoms with Crippen LogP contribution < -0.4 is 4.74 Å². The van der Waals surface area contributed by atoms with Crippen molar-refractivity contribution in [2.75, 3.05) is 0 Å². The van der Waals surface area contributed by atoms with E-state index in [0.717, 1.165) is 30.0 Å². The third-order valence-corrected chi connectivity index (χ3v) is 4.62. The molecule has 3 rings (SSSR count). The minimum absolute atomic E-state index is 0.0527. The molecule has 7 heteroatoms. The lowest BCUT2D eigenvalue weighted by Crippen LogP contribution is -2.05. The van der Waals surface area contributed by atoms with Crippen LogP contribution in [0.1, 0.15) is 10.4 Å². The van der Waals surface area contributed by atoms with Crippen LogP contribution in [0.15, 0.2) is 39.7 Å². The predicted octanol–water partition coefficient (Wildman–Crippen LogP) is 5.10. The van der Waals surface area contributed by atoms with Crippen molar-refractivity contribution in [3.05, 3.63) is 52.0 Å². The predicted molar refractivity (Wildman–Crippen MR) is 75.7 cm³/mol. The van der Waals surface area contributed by atoms with Crippen molar-refractivity contribution in [2.45, 2.75) is 10.4 Å². The van der Waals surface area contributed by atoms with Crippen molar-refractivity contribution >= 4 is 33.5 Å². The van der Waals surface area contributed by atoms with E-state index in [4.69, 9.17) is 4.74 Å². The number of ketones is 1. The molecule has 0 saturated heterocycles. The molecule has 0 amide bonds. The van der Waals surface area contributed by atoms with Crippen LogP contribution in [0, 0.1) is 11.6 Å². The normalized spacial score (nSPS) is 17.0. The number of hydrogen-bond acceptors (Lipinski definition) is 3. The summed E-state index contributed by atoms with van der Waals surface area (Å²) in [6.07, 6.45) is 0. The monoisotopic (exact) mass is 374 g/mol. The zero-order valence-corrected chi connectivity index (χ0v) is 12.6. The molecule has 2 aromatic rings. The van der Waals surface area contributed by atoms with Crippen LogP contribution in [0.3, 0.4) is 0 Å². The topological polar surface area (TPSA) is 26.3 Å². The van der Waals surface area contributed by atoms with E-state index in [-0.39, 0.29) is 21.5 Å². The molecule has 0 radical (unpaired) electrons. The van der Waals surface area contributed by atoms with Crippen LogP contribution in [0.25, 0.3) is 0 Å². The Morgan fingerprint density at radius 2 is 1.81 bits per heavy atom. The fourth-order valence-electron chi connectivity index (χ4n) is 1.94. The average molecular weight is 375 g/mol. The Hall–Kier alpha value is -1.47. The van der Waals surface area contributed by atoms with Gasteiger partial charge in [0, 0.05) is 23.1 Å². The van der Waals surface area contributed by atoms with Crippen molar-refractivity contribution < 1.29 is 22.7 Å². The number of halogens is 4. The minimum Gasteiger partial charge on any atom is -0.456 e. The number of fused-ring (bicyclic) bond motifs is 1. The second-order valence-electron chi connectivity index (χ2n) is 4.26. The second kappa shape index (κ2) is 5.38. The van der Waals surface area contributed by atoms with E-state index in [0.29, 0.717) is 4.90 Å². The summed E-state index contributed by atoms with van der Waals surface area (Å²) in [7, 11) is 0. The van der Waals surface area contributed by atoms with Gasteiger partial charge in [-0.15, -0.1) is 0 Å². The summed E-state index contributed by atoms with van der Waals surface area (Å²) in [5, 5.41) is 0. The number of ether oxygens (including phenoxy) is 1. The van der Waals surface area contributed by atoms with Gasteiger partial charge in [-0.05, 0) is 28.1 Å². The third kappa shape index (κ3) is 2.67. The van der Waals surface area contributed by atoms with Gasteiger partial charge in [0.2, 0.25) is 11.3 Å². The van der Waals surface area contributed by atoms with Gasteiger partial charge in [0.05, 0.1) is 10.0 Å². The molecule has 0 aliphatic carbocycles. The molecule has 0 aromatic heterocycles. The molecule has 1 atom stereocenters. The summed E-state index contributed by atoms with van der Waals surface area (Å²) in [6, 6.07) is 5.78. The molecule has 108 valence electrons. The minimum atomic E-state index is -1.64. The molecule has 0 saturated carbocycles. The molecule has 0 N–H and O–H groups in total. The first-order valence-corrected chi connectivity index (χ1v) is 7.44. The third-order valence-electron chi connectivity index (χ3n) is 2.82. The summed E-state index contributed by atoms with van der Waals surface area (Å²) in [5.74, 6) is -2.09. The van der Waals surface area contributed by atoms with Crippen molar-refractivity contribution in [1.82, 2.24) is 0 Å². The molecule has 0 bridgehead atoms. The Morgan fingerprint density at radius 1 is 1.14 bits per heavy atom. The van der Waals surface area contributed by atoms with Gasteiger partial charge in [-0.2, -0.15) is 0 Å². The van der Waals surface area contributed by atoms with Crippen LogP contribution in [0.5, 0.6) is 11.5 Å². The Labute approximate surface area is 130 Å². The number of carbonyl (C=O) groups is 1. The molecule has 1 heterocycles. The maximum atomic E-state index is 13.4. The molecule has 1 unspecified atom stereocenters. The van der Waals surface area contributed by atoms with Crippen LogP contribution >= 0.6 is 27.7 Å². The fourth-order valence-corrected chi connectivity index (χ4v) is 3.61. The zero-order valence-electron chi connectivity index (χ0n) is 10.2. The highest BCUT2D eigenvalue weighted by molar-refractivity contribution is 9.10. The lowest BCUT2D eigenvalue weighted by molar-refractivity contribution is 0.0941. The molecule has 1 aliphatic heterocycles. The molecule has 1 aliphatic rings. The Bertz CT molecular complexity index is 731. The van der Waals surface area contributed by atoms with Gasteiger partial charge in [-0.3, -0.25) is 4.79 Å². The lowest BCUT2D eigenvalue weighted by Gasteiger charge is -2.10. The maximum Gasteiger partial charge on any atom is 0.213 e. The molecular weight excluding hydrogens is 369 g/mol. The van der Waals surface area contributed by atoms with E-state index in [1.807, 2.05) is 0 Å². The summed E-state index contributed by atoms with van der Waals surface area (Å²) >= 11 is 3.99. The largest absolute Gasteiger partial charge is 0.456 e. The number of carbonyl (C=O) groups excluding carboxylic acids is 1. The van der Waals surface area contributed by atoms with Gasteiger partial charge in [0.15, 0.2) is 0 Å². The van der Waals surface area contributed by atoms with Gasteiger partial charge < -0.3 is 4.74 Å². The Balaban J connectivity index is 2.00. The number of thioether (sulfide) groups is 1. The van der Waals surface area contributed by atoms with Crippen LogP contribution in [0.4, 0.5) is 13.2 Å². The van der Waals surface area contributed by atoms with Gasteiger partial charge in [0.1, 0.15) is 23.1 Å². The number of hydrogen-bond donors (Lipinski definition) is 0. The number of alkyl halides is 1. The smallest absolute Gasteiger partial charge is 0.213 e. The standard InChI is InChI=1S/C14H6BrF3O2S/c15-12-9(20-8-4-6(16)3-7(17)5-8)1-2-10-11(12)13(19)14(18)21-10/h1-5,14H. The number of benzene rings is 2. The summed E-state index contributed by atoms with van der Waals surface area (Å²) in [4.78, 5) is 12.2. The van der Waals surface area contributed by atoms with E-state index in [1.54, 1.807) is 0 Å². The highest BCUT2D eigenvalue weighted by Crippen LogP contribution is 2.45. The first kappa shape index (κ1) is 14.5. The molecule has 21 heavy (non-hydrogen) atoms. The highest BCUT2D eigenvalue weighted by Gasteiger charge is 2.34. The van der Waals surface area contributed by atoms with Crippen LogP contribution in [-0.2, 0) is 0 Å². The van der Waals surface area contributed by atoms with Crippen LogP contribution in [0.2, 0.25) is 0 Å². The van der Waals surface area contributed by atoms with Crippen molar-refractivity contribution in [2.24, 2.45) is 0 Å². The van der Waals surface area contributed by atoms with E-state index < -0.39 is 22.9 Å². The van der Waals surface area contributed by atoms with Crippen LogP contribution in [-0.4, -0.2) is 11.3 Å². The van der Waals surface area contributed by atoms with E-state index in [2.05, 4.69) is 15.9 Å². The maximum absolute atomic E-state index is 13.4. The van der Waals surface area contributed by atoms with Gasteiger partial charge >= 0.3 is 0 Å². The summed E-state index contributed by atoms with van der Waals surface area (Å²) in [6.45, 7) is 0. The van der Waals surface area contributed by atoms with Crippen molar-refractivity contribution in [1.29, 1.82) is 0 Å². The average Bonchev–Trinajstić information content (AvgIpc) is 2.68. The van der Waals surface area contributed by atoms with E-state index in [1.165, 1.54) is 12.1 Å². The van der Waals surface area contributed by atoms with E-state index in [9.17, 15) is 18.0 Å². The lowest BCUT2D eigenvalue weighted by atomic mass is 10.1. The number of rotatable bonds is 2. The SMILES string of the molecule is O=C1c2c(ccc(Oc3cc(F)cc(F)c3)c2Br)SC1F.